The molecular weight excluding hydrogens is 280 g/mol. The number of para-hydroxylation sites is 1. The van der Waals surface area contributed by atoms with E-state index in [0.717, 1.165) is 42.4 Å². The number of H-pyrrole nitrogens is 1. The van der Waals surface area contributed by atoms with Gasteiger partial charge < -0.3 is 14.6 Å². The topological polar surface area (TPSA) is 62.4 Å². The summed E-state index contributed by atoms with van der Waals surface area (Å²) in [5.41, 5.74) is 1.88. The quantitative estimate of drug-likeness (QED) is 0.881. The van der Waals surface area contributed by atoms with Gasteiger partial charge in [-0.15, -0.1) is 0 Å². The van der Waals surface area contributed by atoms with Crippen molar-refractivity contribution in [1.82, 2.24) is 9.88 Å². The van der Waals surface area contributed by atoms with Gasteiger partial charge in [-0.25, -0.2) is 0 Å². The van der Waals surface area contributed by atoms with Gasteiger partial charge in [0.2, 0.25) is 0 Å². The summed E-state index contributed by atoms with van der Waals surface area (Å²) in [5.74, 6) is -0.463. The average Bonchev–Trinajstić information content (AvgIpc) is 3.17. The van der Waals surface area contributed by atoms with Crippen LogP contribution in [0.2, 0.25) is 0 Å². The van der Waals surface area contributed by atoms with Gasteiger partial charge >= 0.3 is 5.97 Å². The highest BCUT2D eigenvalue weighted by atomic mass is 16.5. The third-order valence-corrected chi connectivity index (χ3v) is 4.08. The maximum atomic E-state index is 12.1. The first-order chi connectivity index (χ1) is 10.6. The van der Waals surface area contributed by atoms with Gasteiger partial charge in [0, 0.05) is 30.2 Å². The number of likely N-dealkylation sites (tertiary alicyclic amines) is 1. The van der Waals surface area contributed by atoms with E-state index in [1.54, 1.807) is 11.8 Å². The van der Waals surface area contributed by atoms with Crippen molar-refractivity contribution in [1.29, 1.82) is 0 Å². The molecule has 1 aliphatic heterocycles. The number of fused-ring (bicyclic) bond motifs is 1. The lowest BCUT2D eigenvalue weighted by atomic mass is 10.1. The zero-order chi connectivity index (χ0) is 15.5. The molecule has 0 aliphatic carbocycles. The molecule has 1 amide bonds. The summed E-state index contributed by atoms with van der Waals surface area (Å²) in [4.78, 5) is 29.1. The van der Waals surface area contributed by atoms with Gasteiger partial charge in [-0.2, -0.15) is 0 Å². The molecule has 22 heavy (non-hydrogen) atoms. The van der Waals surface area contributed by atoms with Crippen molar-refractivity contribution < 1.29 is 14.3 Å². The Labute approximate surface area is 129 Å². The van der Waals surface area contributed by atoms with E-state index in [4.69, 9.17) is 4.74 Å². The molecule has 5 nitrogen and oxygen atoms in total. The summed E-state index contributed by atoms with van der Waals surface area (Å²) in [7, 11) is 0. The first-order valence-corrected chi connectivity index (χ1v) is 7.68. The molecule has 1 aromatic carbocycles. The van der Waals surface area contributed by atoms with Gasteiger partial charge in [0.15, 0.2) is 6.10 Å². The molecule has 0 saturated carbocycles. The molecule has 116 valence electrons. The molecule has 1 saturated heterocycles. The van der Waals surface area contributed by atoms with Crippen molar-refractivity contribution in [3.05, 3.63) is 36.0 Å². The molecule has 1 N–H and O–H groups in total. The third-order valence-electron chi connectivity index (χ3n) is 4.08. The Bertz CT molecular complexity index is 686. The van der Waals surface area contributed by atoms with Crippen LogP contribution in [0.5, 0.6) is 0 Å². The van der Waals surface area contributed by atoms with Crippen LogP contribution in [0.3, 0.4) is 0 Å². The summed E-state index contributed by atoms with van der Waals surface area (Å²) in [6.07, 6.45) is 3.33. The van der Waals surface area contributed by atoms with Gasteiger partial charge in [-0.3, -0.25) is 9.59 Å². The largest absolute Gasteiger partial charge is 0.452 e. The van der Waals surface area contributed by atoms with Gasteiger partial charge in [-0.1, -0.05) is 18.2 Å². The first-order valence-electron chi connectivity index (χ1n) is 7.68. The number of rotatable bonds is 4. The summed E-state index contributed by atoms with van der Waals surface area (Å²) >= 11 is 0. The number of aromatic nitrogens is 1. The molecule has 0 spiro atoms. The lowest BCUT2D eigenvalue weighted by molar-refractivity contribution is -0.158. The number of nitrogens with zero attached hydrogens (tertiary/aromatic N) is 1. The van der Waals surface area contributed by atoms with E-state index in [0.29, 0.717) is 0 Å². The van der Waals surface area contributed by atoms with Crippen molar-refractivity contribution in [3.8, 4) is 0 Å². The first kappa shape index (κ1) is 14.6. The highest BCUT2D eigenvalue weighted by Crippen LogP contribution is 2.19. The molecule has 0 radical (unpaired) electrons. The number of amides is 1. The van der Waals surface area contributed by atoms with Crippen LogP contribution in [0.15, 0.2) is 30.5 Å². The van der Waals surface area contributed by atoms with E-state index in [-0.39, 0.29) is 18.3 Å². The number of carbonyl (C=O) groups excluding carboxylic acids is 2. The highest BCUT2D eigenvalue weighted by Gasteiger charge is 2.26. The van der Waals surface area contributed by atoms with Crippen LogP contribution in [0.25, 0.3) is 10.9 Å². The van der Waals surface area contributed by atoms with Crippen molar-refractivity contribution in [2.45, 2.75) is 32.3 Å². The predicted octanol–water partition coefficient (Wildman–Crippen LogP) is 2.26. The smallest absolute Gasteiger partial charge is 0.311 e. The molecule has 1 aliphatic rings. The van der Waals surface area contributed by atoms with Crippen LogP contribution in [0.1, 0.15) is 25.3 Å². The second-order valence-corrected chi connectivity index (χ2v) is 5.70. The number of esters is 1. The molecule has 5 heteroatoms. The Morgan fingerprint density at radius 3 is 2.77 bits per heavy atom. The maximum absolute atomic E-state index is 12.1. The zero-order valence-corrected chi connectivity index (χ0v) is 12.7. The minimum Gasteiger partial charge on any atom is -0.452 e. The van der Waals surface area contributed by atoms with E-state index in [9.17, 15) is 9.59 Å². The summed E-state index contributed by atoms with van der Waals surface area (Å²) in [6.45, 7) is 3.18. The Hall–Kier alpha value is -2.30. The monoisotopic (exact) mass is 300 g/mol. The molecule has 1 fully saturated rings. The highest BCUT2D eigenvalue weighted by molar-refractivity contribution is 5.88. The number of nitrogens with one attached hydrogen (secondary N) is 1. The van der Waals surface area contributed by atoms with Crippen molar-refractivity contribution >= 4 is 22.8 Å². The number of hydrogen-bond donors (Lipinski definition) is 1. The predicted molar refractivity (Wildman–Crippen MR) is 83.4 cm³/mol. The number of carbonyl (C=O) groups is 2. The van der Waals surface area contributed by atoms with E-state index < -0.39 is 6.10 Å². The number of ether oxygens (including phenoxy) is 1. The van der Waals surface area contributed by atoms with Gasteiger partial charge in [0.05, 0.1) is 6.42 Å². The van der Waals surface area contributed by atoms with Crippen molar-refractivity contribution in [3.63, 3.8) is 0 Å². The van der Waals surface area contributed by atoms with Crippen LogP contribution >= 0.6 is 0 Å². The van der Waals surface area contributed by atoms with E-state index in [2.05, 4.69) is 4.98 Å². The third kappa shape index (κ3) is 2.98. The fourth-order valence-corrected chi connectivity index (χ4v) is 2.92. The molecule has 0 bridgehead atoms. The van der Waals surface area contributed by atoms with E-state index >= 15 is 0 Å². The van der Waals surface area contributed by atoms with Crippen LogP contribution in [0.4, 0.5) is 0 Å². The summed E-state index contributed by atoms with van der Waals surface area (Å²) < 4.78 is 5.30. The van der Waals surface area contributed by atoms with Crippen LogP contribution in [0, 0.1) is 0 Å². The zero-order valence-electron chi connectivity index (χ0n) is 12.7. The molecule has 0 unspecified atom stereocenters. The van der Waals surface area contributed by atoms with E-state index in [1.165, 1.54) is 0 Å². The molecule has 2 aromatic rings. The maximum Gasteiger partial charge on any atom is 0.311 e. The van der Waals surface area contributed by atoms with Crippen LogP contribution < -0.4 is 0 Å². The number of benzene rings is 1. The van der Waals surface area contributed by atoms with Gasteiger partial charge in [0.1, 0.15) is 0 Å². The summed E-state index contributed by atoms with van der Waals surface area (Å²) in [5, 5.41) is 1.01. The number of hydrogen-bond acceptors (Lipinski definition) is 3. The Balaban J connectivity index is 1.61. The molecule has 1 atom stereocenters. The molecule has 3 rings (SSSR count). The Kier molecular flexibility index (Phi) is 4.13. The Morgan fingerprint density at radius 2 is 2.00 bits per heavy atom. The second-order valence-electron chi connectivity index (χ2n) is 5.70. The SMILES string of the molecule is C[C@@H](OC(=O)Cc1c[nH]c2ccccc12)C(=O)N1CCCC1. The standard InChI is InChI=1S/C17H20N2O3/c1-12(17(21)19-8-4-5-9-19)22-16(20)10-13-11-18-15-7-3-2-6-14(13)15/h2-3,6-7,11-12,18H,4-5,8-10H2,1H3/t12-/m1/s1. The second kappa shape index (κ2) is 6.22. The fourth-order valence-electron chi connectivity index (χ4n) is 2.92. The molecule has 1 aromatic heterocycles. The molecular formula is C17H20N2O3. The van der Waals surface area contributed by atoms with E-state index in [1.807, 2.05) is 30.5 Å². The Morgan fingerprint density at radius 1 is 1.27 bits per heavy atom. The van der Waals surface area contributed by atoms with Crippen LogP contribution in [-0.2, 0) is 20.7 Å². The van der Waals surface area contributed by atoms with Crippen molar-refractivity contribution in [2.75, 3.05) is 13.1 Å². The lowest BCUT2D eigenvalue weighted by Gasteiger charge is -2.20. The van der Waals surface area contributed by atoms with Crippen LogP contribution in [-0.4, -0.2) is 41.0 Å². The lowest BCUT2D eigenvalue weighted by Crippen LogP contribution is -2.38. The fraction of sp³-hybridized carbons (Fsp3) is 0.412. The minimum atomic E-state index is -0.712. The van der Waals surface area contributed by atoms with Gasteiger partial charge in [-0.05, 0) is 31.4 Å². The minimum absolute atomic E-state index is 0.0928. The number of aromatic amines is 1. The average molecular weight is 300 g/mol. The van der Waals surface area contributed by atoms with Crippen molar-refractivity contribution in [2.24, 2.45) is 0 Å². The molecule has 2 heterocycles. The van der Waals surface area contributed by atoms with Gasteiger partial charge in [0.25, 0.3) is 5.91 Å². The summed E-state index contributed by atoms with van der Waals surface area (Å²) in [6, 6.07) is 7.80. The normalized spacial score (nSPS) is 16.0.